The molecule has 0 bridgehead atoms. The van der Waals surface area contributed by atoms with Gasteiger partial charge in [0.25, 0.3) is 0 Å². The van der Waals surface area contributed by atoms with E-state index in [1.807, 2.05) is 45.0 Å². The Balaban J connectivity index is 0.000000852. The van der Waals surface area contributed by atoms with Crippen molar-refractivity contribution in [2.45, 2.75) is 45.8 Å². The first kappa shape index (κ1) is 28.9. The molecule has 0 spiro atoms. The van der Waals surface area contributed by atoms with Crippen LogP contribution in [0.25, 0.3) is 0 Å². The molecule has 0 saturated carbocycles. The summed E-state index contributed by atoms with van der Waals surface area (Å²) >= 11 is 0. The van der Waals surface area contributed by atoms with Gasteiger partial charge in [0.2, 0.25) is 0 Å². The van der Waals surface area contributed by atoms with Crippen LogP contribution in [0.15, 0.2) is 48.5 Å². The van der Waals surface area contributed by atoms with Crippen LogP contribution in [0.3, 0.4) is 0 Å². The van der Waals surface area contributed by atoms with Gasteiger partial charge in [-0.15, -0.1) is 0 Å². The van der Waals surface area contributed by atoms with Crippen LogP contribution in [0.2, 0.25) is 0 Å². The number of ether oxygens (including phenoxy) is 3. The molecule has 188 valence electrons. The van der Waals surface area contributed by atoms with E-state index in [-0.39, 0.29) is 18.0 Å². The highest BCUT2D eigenvalue weighted by Crippen LogP contribution is 2.27. The van der Waals surface area contributed by atoms with Gasteiger partial charge in [-0.1, -0.05) is 24.3 Å². The molecule has 0 aromatic heterocycles. The van der Waals surface area contributed by atoms with Crippen LogP contribution in [0.5, 0.6) is 11.5 Å². The summed E-state index contributed by atoms with van der Waals surface area (Å²) in [5.74, 6) is -2.33. The lowest BCUT2D eigenvalue weighted by molar-refractivity contribution is -0.159. The van der Waals surface area contributed by atoms with Gasteiger partial charge in [-0.3, -0.25) is 0 Å². The lowest BCUT2D eigenvalue weighted by atomic mass is 10.0. The second-order valence-corrected chi connectivity index (χ2v) is 7.46. The van der Waals surface area contributed by atoms with E-state index in [2.05, 4.69) is 5.32 Å². The minimum Gasteiger partial charge on any atom is -0.488 e. The normalized spacial score (nSPS) is 11.3. The Hall–Kier alpha value is -3.17. The smallest absolute Gasteiger partial charge is 0.414 e. The number of halogens is 1. The van der Waals surface area contributed by atoms with Crippen LogP contribution in [-0.2, 0) is 14.3 Å². The molecule has 0 radical (unpaired) electrons. The number of nitrogens with one attached hydrogen (secondary N) is 1. The van der Waals surface area contributed by atoms with Crippen molar-refractivity contribution in [3.8, 4) is 11.5 Å². The van der Waals surface area contributed by atoms with Crippen molar-refractivity contribution in [2.75, 3.05) is 26.3 Å². The number of carboxylic acid groups (broad SMARTS) is 2. The lowest BCUT2D eigenvalue weighted by Crippen LogP contribution is -2.23. The van der Waals surface area contributed by atoms with E-state index in [0.29, 0.717) is 13.2 Å². The molecule has 1 atom stereocenters. The molecule has 0 aliphatic rings. The zero-order valence-corrected chi connectivity index (χ0v) is 19.8. The Morgan fingerprint density at radius 1 is 0.971 bits per heavy atom. The molecule has 0 aliphatic carbocycles. The van der Waals surface area contributed by atoms with E-state index in [4.69, 9.17) is 34.0 Å². The standard InChI is InChI=1S/C23H32FNO3.C2H2O4/c1-4-26-21(19-11-13-20(24)14-12-19)10-7-15-25-16-17-27-22-8-5-6-9-23(22)28-18(2)3;3-1(4)2(5)6/h5-6,8-9,11-14,18,21,25H,4,7,10,15-17H2,1-3H3;(H,3,4)(H,5,6). The third-order valence-corrected chi connectivity index (χ3v) is 4.36. The van der Waals surface area contributed by atoms with Gasteiger partial charge in [-0.2, -0.15) is 0 Å². The summed E-state index contributed by atoms with van der Waals surface area (Å²) in [5.41, 5.74) is 1.02. The molecule has 0 aliphatic heterocycles. The number of benzene rings is 2. The Bertz CT molecular complexity index is 847. The predicted molar refractivity (Wildman–Crippen MR) is 126 cm³/mol. The molecule has 2 aromatic carbocycles. The van der Waals surface area contributed by atoms with Gasteiger partial charge in [0, 0.05) is 13.2 Å². The van der Waals surface area contributed by atoms with Crippen molar-refractivity contribution < 1.29 is 38.4 Å². The first-order chi connectivity index (χ1) is 16.2. The van der Waals surface area contributed by atoms with Crippen molar-refractivity contribution in [2.24, 2.45) is 0 Å². The van der Waals surface area contributed by atoms with E-state index in [1.54, 1.807) is 12.1 Å². The second kappa shape index (κ2) is 16.4. The molecule has 0 heterocycles. The van der Waals surface area contributed by atoms with Crippen LogP contribution in [0.4, 0.5) is 4.39 Å². The summed E-state index contributed by atoms with van der Waals surface area (Å²) in [5, 5.41) is 18.2. The molecular formula is C25H34FNO7. The Kier molecular flexibility index (Phi) is 14.0. The van der Waals surface area contributed by atoms with Gasteiger partial charge >= 0.3 is 11.9 Å². The maximum atomic E-state index is 13.1. The van der Waals surface area contributed by atoms with Crippen LogP contribution >= 0.6 is 0 Å². The minimum atomic E-state index is -1.82. The average Bonchev–Trinajstić information content (AvgIpc) is 2.79. The Morgan fingerprint density at radius 2 is 1.59 bits per heavy atom. The number of carbonyl (C=O) groups is 2. The predicted octanol–water partition coefficient (Wildman–Crippen LogP) is 4.29. The van der Waals surface area contributed by atoms with Gasteiger partial charge in [0.1, 0.15) is 12.4 Å². The summed E-state index contributed by atoms with van der Waals surface area (Å²) in [7, 11) is 0. The molecule has 8 nitrogen and oxygen atoms in total. The van der Waals surface area contributed by atoms with Crippen molar-refractivity contribution in [1.29, 1.82) is 0 Å². The summed E-state index contributed by atoms with van der Waals surface area (Å²) < 4.78 is 30.5. The molecule has 0 amide bonds. The average molecular weight is 480 g/mol. The third kappa shape index (κ3) is 12.2. The van der Waals surface area contributed by atoms with Gasteiger partial charge in [-0.05, 0) is 70.0 Å². The SMILES string of the molecule is CCOC(CCCNCCOc1ccccc1OC(C)C)c1ccc(F)cc1.O=C(O)C(=O)O. The zero-order chi connectivity index (χ0) is 25.3. The summed E-state index contributed by atoms with van der Waals surface area (Å²) in [6.45, 7) is 8.82. The monoisotopic (exact) mass is 479 g/mol. The van der Waals surface area contributed by atoms with Gasteiger partial charge in [-0.25, -0.2) is 14.0 Å². The molecule has 1 unspecified atom stereocenters. The first-order valence-electron chi connectivity index (χ1n) is 11.2. The number of para-hydroxylation sites is 2. The van der Waals surface area contributed by atoms with E-state index in [1.165, 1.54) is 12.1 Å². The number of hydrogen-bond acceptors (Lipinski definition) is 6. The maximum absolute atomic E-state index is 13.1. The fourth-order valence-electron chi connectivity index (χ4n) is 2.92. The summed E-state index contributed by atoms with van der Waals surface area (Å²) in [6.07, 6.45) is 1.97. The van der Waals surface area contributed by atoms with Crippen LogP contribution in [-0.4, -0.2) is 54.6 Å². The molecule has 3 N–H and O–H groups in total. The van der Waals surface area contributed by atoms with Crippen LogP contribution in [0.1, 0.15) is 45.3 Å². The van der Waals surface area contributed by atoms with E-state index < -0.39 is 11.9 Å². The zero-order valence-electron chi connectivity index (χ0n) is 19.8. The van der Waals surface area contributed by atoms with Crippen molar-refractivity contribution >= 4 is 11.9 Å². The molecule has 9 heteroatoms. The molecular weight excluding hydrogens is 445 g/mol. The van der Waals surface area contributed by atoms with Crippen molar-refractivity contribution in [1.82, 2.24) is 5.32 Å². The number of rotatable bonds is 13. The Labute approximate surface area is 199 Å². The van der Waals surface area contributed by atoms with Gasteiger partial charge < -0.3 is 29.7 Å². The third-order valence-electron chi connectivity index (χ3n) is 4.36. The van der Waals surface area contributed by atoms with E-state index >= 15 is 0 Å². The second-order valence-electron chi connectivity index (χ2n) is 7.46. The summed E-state index contributed by atoms with van der Waals surface area (Å²) in [6, 6.07) is 14.3. The van der Waals surface area contributed by atoms with Crippen molar-refractivity contribution in [3.05, 3.63) is 59.9 Å². The quantitative estimate of drug-likeness (QED) is 0.288. The number of carboxylic acids is 2. The largest absolute Gasteiger partial charge is 0.488 e. The molecule has 2 rings (SSSR count). The molecule has 34 heavy (non-hydrogen) atoms. The van der Waals surface area contributed by atoms with E-state index in [0.717, 1.165) is 43.0 Å². The molecule has 0 fully saturated rings. The van der Waals surface area contributed by atoms with Gasteiger partial charge in [0.15, 0.2) is 11.5 Å². The lowest BCUT2D eigenvalue weighted by Gasteiger charge is -2.18. The summed E-state index contributed by atoms with van der Waals surface area (Å²) in [4.78, 5) is 18.2. The van der Waals surface area contributed by atoms with Gasteiger partial charge in [0.05, 0.1) is 12.2 Å². The molecule has 2 aromatic rings. The fraction of sp³-hybridized carbons (Fsp3) is 0.440. The van der Waals surface area contributed by atoms with E-state index in [9.17, 15) is 4.39 Å². The topological polar surface area (TPSA) is 114 Å². The minimum absolute atomic E-state index is 0.00343. The van der Waals surface area contributed by atoms with Crippen LogP contribution < -0.4 is 14.8 Å². The highest BCUT2D eigenvalue weighted by atomic mass is 19.1. The number of aliphatic carboxylic acids is 2. The fourth-order valence-corrected chi connectivity index (χ4v) is 2.92. The molecule has 0 saturated heterocycles. The first-order valence-corrected chi connectivity index (χ1v) is 11.2. The highest BCUT2D eigenvalue weighted by Gasteiger charge is 2.11. The highest BCUT2D eigenvalue weighted by molar-refractivity contribution is 6.27. The number of hydrogen-bond donors (Lipinski definition) is 3. The Morgan fingerprint density at radius 3 is 2.15 bits per heavy atom. The van der Waals surface area contributed by atoms with Crippen molar-refractivity contribution in [3.63, 3.8) is 0 Å². The van der Waals surface area contributed by atoms with Crippen LogP contribution in [0, 0.1) is 5.82 Å². The maximum Gasteiger partial charge on any atom is 0.414 e.